The highest BCUT2D eigenvalue weighted by Crippen LogP contribution is 2.29. The lowest BCUT2D eigenvalue weighted by Crippen LogP contribution is -2.39. The van der Waals surface area contributed by atoms with E-state index in [2.05, 4.69) is 47.0 Å². The average Bonchev–Trinajstić information content (AvgIpc) is 2.79. The standard InChI is InChI=1S/C25H28N2O3/c1-17(19-10-12-21(13-11-19)20-8-6-5-7-9-20)26-18(2)25(28)27-23-16-22(29-3)14-15-24(23)30-4/h5-18,26H,1-4H3,(H,27,28)/t17-,18+/m0/s1. The van der Waals surface area contributed by atoms with E-state index in [1.54, 1.807) is 32.4 Å². The van der Waals surface area contributed by atoms with Crippen LogP contribution in [0.15, 0.2) is 72.8 Å². The molecule has 0 aliphatic heterocycles. The first-order chi connectivity index (χ1) is 14.5. The molecule has 0 aliphatic carbocycles. The number of amides is 1. The van der Waals surface area contributed by atoms with E-state index >= 15 is 0 Å². The van der Waals surface area contributed by atoms with E-state index < -0.39 is 6.04 Å². The predicted molar refractivity (Wildman–Crippen MR) is 121 cm³/mol. The highest BCUT2D eigenvalue weighted by molar-refractivity contribution is 5.96. The summed E-state index contributed by atoms with van der Waals surface area (Å²) in [5, 5.41) is 6.27. The second-order valence-electron chi connectivity index (χ2n) is 7.15. The Morgan fingerprint density at radius 1 is 0.833 bits per heavy atom. The second-order valence-corrected chi connectivity index (χ2v) is 7.15. The Bertz CT molecular complexity index is 971. The van der Waals surface area contributed by atoms with Crippen LogP contribution in [0.1, 0.15) is 25.5 Å². The zero-order chi connectivity index (χ0) is 21.5. The number of rotatable bonds is 8. The lowest BCUT2D eigenvalue weighted by atomic mass is 10.0. The van der Waals surface area contributed by atoms with Gasteiger partial charge in [0, 0.05) is 12.1 Å². The van der Waals surface area contributed by atoms with Crippen molar-refractivity contribution in [2.45, 2.75) is 25.9 Å². The monoisotopic (exact) mass is 404 g/mol. The smallest absolute Gasteiger partial charge is 0.241 e. The summed E-state index contributed by atoms with van der Waals surface area (Å²) in [7, 11) is 3.16. The maximum absolute atomic E-state index is 12.7. The Balaban J connectivity index is 1.64. The molecular weight excluding hydrogens is 376 g/mol. The van der Waals surface area contributed by atoms with Crippen molar-refractivity contribution in [3.05, 3.63) is 78.4 Å². The summed E-state index contributed by atoms with van der Waals surface area (Å²) in [6, 6.07) is 23.6. The van der Waals surface area contributed by atoms with Gasteiger partial charge in [0.15, 0.2) is 0 Å². The highest BCUT2D eigenvalue weighted by Gasteiger charge is 2.18. The molecule has 5 nitrogen and oxygen atoms in total. The normalized spacial score (nSPS) is 12.7. The Labute approximate surface area is 178 Å². The Kier molecular flexibility index (Phi) is 7.09. The van der Waals surface area contributed by atoms with Crippen molar-refractivity contribution >= 4 is 11.6 Å². The van der Waals surface area contributed by atoms with E-state index in [0.29, 0.717) is 17.2 Å². The molecule has 1 amide bonds. The number of ether oxygens (including phenoxy) is 2. The van der Waals surface area contributed by atoms with E-state index in [9.17, 15) is 4.79 Å². The molecule has 0 fully saturated rings. The number of hydrogen-bond acceptors (Lipinski definition) is 4. The van der Waals surface area contributed by atoms with Crippen LogP contribution in [-0.2, 0) is 4.79 Å². The number of carbonyl (C=O) groups is 1. The fraction of sp³-hybridized carbons (Fsp3) is 0.240. The SMILES string of the molecule is COc1ccc(OC)c(NC(=O)[C@@H](C)N[C@@H](C)c2ccc(-c3ccccc3)cc2)c1. The van der Waals surface area contributed by atoms with Crippen LogP contribution < -0.4 is 20.1 Å². The lowest BCUT2D eigenvalue weighted by Gasteiger charge is -2.21. The number of carbonyl (C=O) groups excluding carboxylic acids is 1. The zero-order valence-corrected chi connectivity index (χ0v) is 17.8. The van der Waals surface area contributed by atoms with Gasteiger partial charge in [-0.2, -0.15) is 0 Å². The molecule has 156 valence electrons. The van der Waals surface area contributed by atoms with Gasteiger partial charge in [-0.3, -0.25) is 10.1 Å². The van der Waals surface area contributed by atoms with Gasteiger partial charge in [-0.05, 0) is 42.7 Å². The van der Waals surface area contributed by atoms with Crippen molar-refractivity contribution < 1.29 is 14.3 Å². The van der Waals surface area contributed by atoms with Gasteiger partial charge in [0.2, 0.25) is 5.91 Å². The van der Waals surface area contributed by atoms with Crippen molar-refractivity contribution in [2.75, 3.05) is 19.5 Å². The fourth-order valence-corrected chi connectivity index (χ4v) is 3.29. The largest absolute Gasteiger partial charge is 0.497 e. The maximum atomic E-state index is 12.7. The highest BCUT2D eigenvalue weighted by atomic mass is 16.5. The zero-order valence-electron chi connectivity index (χ0n) is 17.8. The van der Waals surface area contributed by atoms with Crippen molar-refractivity contribution in [3.8, 4) is 22.6 Å². The minimum atomic E-state index is -0.398. The number of benzene rings is 3. The van der Waals surface area contributed by atoms with Crippen LogP contribution in [0, 0.1) is 0 Å². The van der Waals surface area contributed by atoms with Gasteiger partial charge >= 0.3 is 0 Å². The van der Waals surface area contributed by atoms with Crippen LogP contribution >= 0.6 is 0 Å². The third-order valence-electron chi connectivity index (χ3n) is 5.08. The Morgan fingerprint density at radius 2 is 1.50 bits per heavy atom. The van der Waals surface area contributed by atoms with Crippen LogP contribution in [0.2, 0.25) is 0 Å². The second kappa shape index (κ2) is 9.94. The van der Waals surface area contributed by atoms with Crippen molar-refractivity contribution in [1.82, 2.24) is 5.32 Å². The van der Waals surface area contributed by atoms with Gasteiger partial charge in [-0.25, -0.2) is 0 Å². The van der Waals surface area contributed by atoms with E-state index in [1.165, 1.54) is 11.1 Å². The van der Waals surface area contributed by atoms with Crippen LogP contribution in [0.25, 0.3) is 11.1 Å². The summed E-state index contributed by atoms with van der Waals surface area (Å²) in [4.78, 5) is 12.7. The Hall–Kier alpha value is -3.31. The number of anilines is 1. The van der Waals surface area contributed by atoms with E-state index in [-0.39, 0.29) is 11.9 Å². The molecule has 3 aromatic rings. The van der Waals surface area contributed by atoms with Crippen molar-refractivity contribution in [3.63, 3.8) is 0 Å². The third kappa shape index (κ3) is 5.19. The van der Waals surface area contributed by atoms with Crippen LogP contribution in [-0.4, -0.2) is 26.2 Å². The molecule has 3 aromatic carbocycles. The summed E-state index contributed by atoms with van der Waals surface area (Å²) in [6.07, 6.45) is 0. The van der Waals surface area contributed by atoms with Gasteiger partial charge in [-0.1, -0.05) is 54.6 Å². The minimum absolute atomic E-state index is 0.0165. The molecule has 0 radical (unpaired) electrons. The molecule has 2 N–H and O–H groups in total. The summed E-state index contributed by atoms with van der Waals surface area (Å²) in [5.74, 6) is 1.09. The van der Waals surface area contributed by atoms with Crippen molar-refractivity contribution in [2.24, 2.45) is 0 Å². The van der Waals surface area contributed by atoms with Gasteiger partial charge in [0.25, 0.3) is 0 Å². The van der Waals surface area contributed by atoms with E-state index in [1.807, 2.05) is 32.0 Å². The topological polar surface area (TPSA) is 59.6 Å². The minimum Gasteiger partial charge on any atom is -0.497 e. The molecule has 0 heterocycles. The van der Waals surface area contributed by atoms with E-state index in [0.717, 1.165) is 5.56 Å². The van der Waals surface area contributed by atoms with Crippen LogP contribution in [0.4, 0.5) is 5.69 Å². The quantitative estimate of drug-likeness (QED) is 0.552. The molecule has 0 bridgehead atoms. The predicted octanol–water partition coefficient (Wildman–Crippen LogP) is 5.05. The molecule has 30 heavy (non-hydrogen) atoms. The summed E-state index contributed by atoms with van der Waals surface area (Å²) in [6.45, 7) is 3.89. The maximum Gasteiger partial charge on any atom is 0.241 e. The van der Waals surface area contributed by atoms with Gasteiger partial charge in [-0.15, -0.1) is 0 Å². The third-order valence-corrected chi connectivity index (χ3v) is 5.08. The molecule has 0 aromatic heterocycles. The first kappa shape index (κ1) is 21.4. The molecule has 0 unspecified atom stereocenters. The first-order valence-corrected chi connectivity index (χ1v) is 9.96. The van der Waals surface area contributed by atoms with Crippen molar-refractivity contribution in [1.29, 1.82) is 0 Å². The number of hydrogen-bond donors (Lipinski definition) is 2. The molecule has 5 heteroatoms. The average molecular weight is 405 g/mol. The van der Waals surface area contributed by atoms with Gasteiger partial charge < -0.3 is 14.8 Å². The number of nitrogens with one attached hydrogen (secondary N) is 2. The summed E-state index contributed by atoms with van der Waals surface area (Å²) in [5.41, 5.74) is 4.05. The summed E-state index contributed by atoms with van der Waals surface area (Å²) < 4.78 is 10.6. The van der Waals surface area contributed by atoms with Gasteiger partial charge in [0.1, 0.15) is 11.5 Å². The molecule has 3 rings (SSSR count). The van der Waals surface area contributed by atoms with Crippen LogP contribution in [0.5, 0.6) is 11.5 Å². The molecule has 0 saturated heterocycles. The first-order valence-electron chi connectivity index (χ1n) is 9.96. The molecule has 2 atom stereocenters. The van der Waals surface area contributed by atoms with Crippen LogP contribution in [0.3, 0.4) is 0 Å². The van der Waals surface area contributed by atoms with E-state index in [4.69, 9.17) is 9.47 Å². The molecule has 0 saturated carbocycles. The molecule has 0 aliphatic rings. The van der Waals surface area contributed by atoms with Gasteiger partial charge in [0.05, 0.1) is 25.9 Å². The molecular formula is C25H28N2O3. The lowest BCUT2D eigenvalue weighted by molar-refractivity contribution is -0.117. The number of methoxy groups -OCH3 is 2. The fourth-order valence-electron chi connectivity index (χ4n) is 3.29. The molecule has 0 spiro atoms. The summed E-state index contributed by atoms with van der Waals surface area (Å²) >= 11 is 0. The Morgan fingerprint density at radius 3 is 2.13 bits per heavy atom.